The third-order valence-corrected chi connectivity index (χ3v) is 4.74. The molecular formula is C14H10BrF3OS. The zero-order chi connectivity index (χ0) is 14.8. The minimum absolute atomic E-state index is 0.351. The number of benzene rings is 2. The molecule has 0 saturated heterocycles. The van der Waals surface area contributed by atoms with E-state index in [1.165, 1.54) is 12.1 Å². The summed E-state index contributed by atoms with van der Waals surface area (Å²) < 4.78 is 49.6. The summed E-state index contributed by atoms with van der Waals surface area (Å²) in [5.41, 5.74) is 0.297. The van der Waals surface area contributed by atoms with Crippen LogP contribution >= 0.6 is 15.9 Å². The van der Waals surface area contributed by atoms with E-state index in [4.69, 9.17) is 0 Å². The fourth-order valence-corrected chi connectivity index (χ4v) is 3.02. The Labute approximate surface area is 125 Å². The van der Waals surface area contributed by atoms with E-state index in [1.54, 1.807) is 12.1 Å². The average molecular weight is 363 g/mol. The van der Waals surface area contributed by atoms with Crippen molar-refractivity contribution in [3.63, 3.8) is 0 Å². The minimum atomic E-state index is -4.38. The van der Waals surface area contributed by atoms with Crippen molar-refractivity contribution in [2.24, 2.45) is 0 Å². The second kappa shape index (κ2) is 6.10. The Morgan fingerprint density at radius 1 is 0.900 bits per heavy atom. The average Bonchev–Trinajstić information content (AvgIpc) is 2.46. The largest absolute Gasteiger partial charge is 0.416 e. The van der Waals surface area contributed by atoms with Crippen LogP contribution in [-0.4, -0.2) is 4.21 Å². The molecule has 0 aromatic heterocycles. The van der Waals surface area contributed by atoms with Crippen molar-refractivity contribution < 1.29 is 17.4 Å². The summed E-state index contributed by atoms with van der Waals surface area (Å²) in [5.74, 6) is 0. The third kappa shape index (κ3) is 3.49. The lowest BCUT2D eigenvalue weighted by atomic mass is 10.2. The van der Waals surface area contributed by atoms with E-state index >= 15 is 0 Å². The van der Waals surface area contributed by atoms with Gasteiger partial charge in [-0.25, -0.2) is 4.21 Å². The molecule has 6 heteroatoms. The van der Waals surface area contributed by atoms with Crippen molar-refractivity contribution in [1.82, 2.24) is 0 Å². The quantitative estimate of drug-likeness (QED) is 0.719. The second-order valence-electron chi connectivity index (χ2n) is 4.07. The van der Waals surface area contributed by atoms with Crippen molar-refractivity contribution in [1.29, 1.82) is 0 Å². The van der Waals surface area contributed by atoms with Gasteiger partial charge in [0, 0.05) is 15.1 Å². The second-order valence-corrected chi connectivity index (χ2v) is 6.11. The molecule has 1 nitrogen and oxygen atoms in total. The van der Waals surface area contributed by atoms with Crippen LogP contribution < -0.4 is 0 Å². The fraction of sp³-hybridized carbons (Fsp3) is 0.143. The molecule has 2 rings (SSSR count). The zero-order valence-electron chi connectivity index (χ0n) is 10.2. The van der Waals surface area contributed by atoms with Gasteiger partial charge in [0.2, 0.25) is 0 Å². The van der Waals surface area contributed by atoms with Crippen LogP contribution in [0.2, 0.25) is 0 Å². The Balaban J connectivity index is 2.24. The topological polar surface area (TPSA) is 17.1 Å². The van der Waals surface area contributed by atoms with Crippen LogP contribution in [0.15, 0.2) is 58.3 Å². The number of hydrogen-bond acceptors (Lipinski definition) is 1. The molecule has 2 aromatic rings. The van der Waals surface area contributed by atoms with E-state index in [9.17, 15) is 17.4 Å². The van der Waals surface area contributed by atoms with Gasteiger partial charge in [-0.3, -0.25) is 0 Å². The summed E-state index contributed by atoms with van der Waals surface area (Å²) in [6.07, 6.45) is -4.38. The van der Waals surface area contributed by atoms with Crippen molar-refractivity contribution in [3.8, 4) is 0 Å². The Morgan fingerprint density at radius 2 is 1.35 bits per heavy atom. The number of halogens is 4. The summed E-state index contributed by atoms with van der Waals surface area (Å²) in [6.45, 7) is 0. The molecule has 0 amide bonds. The first-order chi connectivity index (χ1) is 9.41. The van der Waals surface area contributed by atoms with Gasteiger partial charge in [0.05, 0.1) is 16.4 Å². The zero-order valence-corrected chi connectivity index (χ0v) is 12.6. The van der Waals surface area contributed by atoms with E-state index in [2.05, 4.69) is 15.9 Å². The highest BCUT2D eigenvalue weighted by atomic mass is 79.9. The van der Waals surface area contributed by atoms with Crippen LogP contribution in [0, 0.1) is 0 Å². The lowest BCUT2D eigenvalue weighted by Crippen LogP contribution is -2.04. The van der Waals surface area contributed by atoms with Gasteiger partial charge in [-0.1, -0.05) is 28.1 Å². The third-order valence-electron chi connectivity index (χ3n) is 2.69. The van der Waals surface area contributed by atoms with Gasteiger partial charge in [-0.15, -0.1) is 0 Å². The first-order valence-corrected chi connectivity index (χ1v) is 7.93. The summed E-state index contributed by atoms with van der Waals surface area (Å²) in [7, 11) is -1.47. The van der Waals surface area contributed by atoms with Crippen LogP contribution in [-0.2, 0) is 22.3 Å². The van der Waals surface area contributed by atoms with Gasteiger partial charge in [0.15, 0.2) is 0 Å². The molecular weight excluding hydrogens is 353 g/mol. The summed E-state index contributed by atoms with van der Waals surface area (Å²) in [6, 6.07) is 11.5. The van der Waals surface area contributed by atoms with Crippen LogP contribution in [0.1, 0.15) is 11.1 Å². The van der Waals surface area contributed by atoms with E-state index in [-0.39, 0.29) is 0 Å². The molecule has 1 unspecified atom stereocenters. The maximum Gasteiger partial charge on any atom is 0.416 e. The van der Waals surface area contributed by atoms with Gasteiger partial charge in [0.25, 0.3) is 0 Å². The molecule has 0 saturated carbocycles. The molecule has 20 heavy (non-hydrogen) atoms. The predicted octanol–water partition coefficient (Wildman–Crippen LogP) is 4.77. The Hall–Kier alpha value is -1.14. The highest BCUT2D eigenvalue weighted by Gasteiger charge is 2.30. The lowest BCUT2D eigenvalue weighted by molar-refractivity contribution is -0.137. The van der Waals surface area contributed by atoms with Crippen molar-refractivity contribution in [2.75, 3.05) is 0 Å². The highest BCUT2D eigenvalue weighted by Crippen LogP contribution is 2.30. The molecule has 106 valence electrons. The lowest BCUT2D eigenvalue weighted by Gasteiger charge is -2.08. The summed E-state index contributed by atoms with van der Waals surface area (Å²) in [5, 5.41) is 0.695. The van der Waals surface area contributed by atoms with Crippen molar-refractivity contribution in [3.05, 3.63) is 59.7 Å². The van der Waals surface area contributed by atoms with Crippen LogP contribution in [0.5, 0.6) is 0 Å². The molecule has 2 aromatic carbocycles. The van der Waals surface area contributed by atoms with E-state index in [0.717, 1.165) is 17.7 Å². The fourth-order valence-electron chi connectivity index (χ4n) is 1.61. The molecule has 0 aliphatic heterocycles. The number of alkyl halides is 4. The van der Waals surface area contributed by atoms with Crippen LogP contribution in [0.25, 0.3) is 0 Å². The Morgan fingerprint density at radius 3 is 1.75 bits per heavy atom. The standard InChI is InChI=1S/C14H10BrF3OS/c15-9-10-1-5-12(6-2-10)20(19)13-7-3-11(4-8-13)14(16,17)18/h1-8H,9H2. The Kier molecular flexibility index (Phi) is 4.65. The minimum Gasteiger partial charge on any atom is -0.249 e. The predicted molar refractivity (Wildman–Crippen MR) is 75.2 cm³/mol. The molecule has 0 spiro atoms. The van der Waals surface area contributed by atoms with E-state index < -0.39 is 22.5 Å². The molecule has 0 radical (unpaired) electrons. The SMILES string of the molecule is O=S(c1ccc(CBr)cc1)c1ccc(C(F)(F)F)cc1. The molecule has 1 atom stereocenters. The first-order valence-electron chi connectivity index (χ1n) is 5.66. The van der Waals surface area contributed by atoms with Crippen molar-refractivity contribution >= 4 is 26.7 Å². The first kappa shape index (κ1) is 15.3. The summed E-state index contributed by atoms with van der Waals surface area (Å²) in [4.78, 5) is 0.916. The van der Waals surface area contributed by atoms with Gasteiger partial charge < -0.3 is 0 Å². The Bertz CT molecular complexity index is 606. The smallest absolute Gasteiger partial charge is 0.249 e. The van der Waals surface area contributed by atoms with E-state index in [0.29, 0.717) is 15.1 Å². The maximum atomic E-state index is 12.4. The summed E-state index contributed by atoms with van der Waals surface area (Å²) >= 11 is 3.31. The van der Waals surface area contributed by atoms with Gasteiger partial charge in [-0.05, 0) is 42.0 Å². The number of hydrogen-bond donors (Lipinski definition) is 0. The molecule has 0 fully saturated rings. The molecule has 0 N–H and O–H groups in total. The highest BCUT2D eigenvalue weighted by molar-refractivity contribution is 9.08. The van der Waals surface area contributed by atoms with Crippen LogP contribution in [0.3, 0.4) is 0 Å². The van der Waals surface area contributed by atoms with Gasteiger partial charge in [0.1, 0.15) is 0 Å². The normalized spacial score (nSPS) is 13.2. The molecule has 0 aliphatic carbocycles. The maximum absolute atomic E-state index is 12.4. The monoisotopic (exact) mass is 362 g/mol. The van der Waals surface area contributed by atoms with Crippen molar-refractivity contribution in [2.45, 2.75) is 21.3 Å². The van der Waals surface area contributed by atoms with E-state index in [1.807, 2.05) is 12.1 Å². The number of rotatable bonds is 3. The molecule has 0 aliphatic rings. The molecule has 0 bridgehead atoms. The van der Waals surface area contributed by atoms with Gasteiger partial charge >= 0.3 is 6.18 Å². The van der Waals surface area contributed by atoms with Gasteiger partial charge in [-0.2, -0.15) is 13.2 Å². The van der Waals surface area contributed by atoms with Crippen LogP contribution in [0.4, 0.5) is 13.2 Å². The molecule has 0 heterocycles.